The predicted octanol–water partition coefficient (Wildman–Crippen LogP) is 4.49. The van der Waals surface area contributed by atoms with Gasteiger partial charge in [0.05, 0.1) is 0 Å². The summed E-state index contributed by atoms with van der Waals surface area (Å²) >= 11 is 9.15. The zero-order valence-electron chi connectivity index (χ0n) is 11.5. The van der Waals surface area contributed by atoms with Crippen LogP contribution in [0, 0.1) is 0 Å². The van der Waals surface area contributed by atoms with E-state index in [2.05, 4.69) is 121 Å². The van der Waals surface area contributed by atoms with Crippen LogP contribution in [0.2, 0.25) is 0 Å². The first-order chi connectivity index (χ1) is 10.7. The van der Waals surface area contributed by atoms with Crippen molar-refractivity contribution >= 4 is 78.5 Å². The van der Waals surface area contributed by atoms with Crippen LogP contribution in [0.5, 0.6) is 0 Å². The van der Waals surface area contributed by atoms with E-state index in [-0.39, 0.29) is 0 Å². The Balaban J connectivity index is 2.27. The summed E-state index contributed by atoms with van der Waals surface area (Å²) in [5.74, 6) is 0. The van der Waals surface area contributed by atoms with Crippen molar-refractivity contribution in [3.8, 4) is 0 Å². The van der Waals surface area contributed by atoms with E-state index in [4.69, 9.17) is 0 Å². The fourth-order valence-electron chi connectivity index (χ4n) is 2.29. The fraction of sp³-hybridized carbons (Fsp3) is 0. The molecule has 0 aliphatic heterocycles. The molecule has 0 N–H and O–H groups in total. The number of halogens is 3. The molecule has 22 heavy (non-hydrogen) atoms. The monoisotopic (exact) mass is 586 g/mol. The van der Waals surface area contributed by atoms with Gasteiger partial charge in [-0.2, -0.15) is 0 Å². The molecule has 0 aromatic heterocycles. The van der Waals surface area contributed by atoms with Crippen molar-refractivity contribution in [1.82, 2.24) is 0 Å². The second kappa shape index (κ2) is 7.66. The topological polar surface area (TPSA) is 0 Å². The zero-order chi connectivity index (χ0) is 15.5. The molecule has 0 aliphatic carbocycles. The quantitative estimate of drug-likeness (QED) is 0.395. The molecule has 0 atom stereocenters. The van der Waals surface area contributed by atoms with Crippen LogP contribution in [-0.2, 0) is 0 Å². The summed E-state index contributed by atoms with van der Waals surface area (Å²) in [6.07, 6.45) is 0. The molecule has 0 amide bonds. The molecule has 0 radical (unpaired) electrons. The molecule has 0 bridgehead atoms. The van der Waals surface area contributed by atoms with Gasteiger partial charge in [-0.1, -0.05) is 0 Å². The second-order valence-electron chi connectivity index (χ2n) is 4.69. The van der Waals surface area contributed by atoms with E-state index in [1.165, 1.54) is 23.9 Å². The Hall–Kier alpha value is -0.0818. The summed E-state index contributed by atoms with van der Waals surface area (Å²) in [7, 11) is 0. The Bertz CT molecular complexity index is 693. The first-order valence-corrected chi connectivity index (χ1v) is 12.9. The van der Waals surface area contributed by atoms with Gasteiger partial charge < -0.3 is 0 Å². The predicted molar refractivity (Wildman–Crippen MR) is 107 cm³/mol. The maximum atomic E-state index is 3.76. The van der Waals surface area contributed by atoms with Gasteiger partial charge in [-0.25, -0.2) is 0 Å². The van der Waals surface area contributed by atoms with Gasteiger partial charge in [0.1, 0.15) is 0 Å². The van der Waals surface area contributed by atoms with Crippen molar-refractivity contribution in [2.24, 2.45) is 0 Å². The van der Waals surface area contributed by atoms with E-state index in [1.54, 1.807) is 0 Å². The third-order valence-electron chi connectivity index (χ3n) is 3.28. The van der Waals surface area contributed by atoms with E-state index < -0.39 is 20.2 Å². The Morgan fingerprint density at radius 3 is 1.00 bits per heavy atom. The standard InChI is InChI=1S/3C6H4Br.Sb/c3*7-6-4-2-1-3-5-6;/h3*1-4H;. The van der Waals surface area contributed by atoms with Crippen LogP contribution in [0.3, 0.4) is 0 Å². The molecule has 0 fully saturated rings. The van der Waals surface area contributed by atoms with E-state index >= 15 is 0 Å². The first-order valence-electron chi connectivity index (χ1n) is 6.72. The van der Waals surface area contributed by atoms with Crippen LogP contribution in [0.4, 0.5) is 0 Å². The van der Waals surface area contributed by atoms with Crippen LogP contribution in [-0.4, -0.2) is 20.2 Å². The zero-order valence-corrected chi connectivity index (χ0v) is 18.8. The third kappa shape index (κ3) is 3.53. The average Bonchev–Trinajstić information content (AvgIpc) is 2.53. The Morgan fingerprint density at radius 2 is 0.727 bits per heavy atom. The molecule has 4 heteroatoms. The summed E-state index contributed by atoms with van der Waals surface area (Å²) in [6.45, 7) is 0. The molecule has 0 saturated heterocycles. The third-order valence-corrected chi connectivity index (χ3v) is 15.6. The molecule has 0 saturated carbocycles. The Morgan fingerprint density at radius 1 is 0.455 bits per heavy atom. The molecule has 0 aliphatic rings. The number of hydrogen-bond acceptors (Lipinski definition) is 0. The molecule has 3 aromatic carbocycles. The van der Waals surface area contributed by atoms with Gasteiger partial charge in [-0.05, 0) is 0 Å². The molecular weight excluding hydrogens is 578 g/mol. The summed E-state index contributed by atoms with van der Waals surface area (Å²) < 4.78 is 7.90. The van der Waals surface area contributed by atoms with Crippen LogP contribution in [0.15, 0.2) is 86.2 Å². The van der Waals surface area contributed by atoms with Crippen molar-refractivity contribution in [2.45, 2.75) is 0 Å². The van der Waals surface area contributed by atoms with E-state index in [0.717, 1.165) is 0 Å². The van der Waals surface area contributed by atoms with Crippen LogP contribution < -0.4 is 10.5 Å². The van der Waals surface area contributed by atoms with Gasteiger partial charge in [0.25, 0.3) is 0 Å². The number of benzene rings is 3. The van der Waals surface area contributed by atoms with E-state index in [0.29, 0.717) is 0 Å². The minimum absolute atomic E-state index is 1.20. The second-order valence-corrected chi connectivity index (χ2v) is 13.3. The van der Waals surface area contributed by atoms with Crippen LogP contribution in [0.25, 0.3) is 0 Å². The van der Waals surface area contributed by atoms with Gasteiger partial charge >= 0.3 is 165 Å². The molecule has 3 aromatic rings. The van der Waals surface area contributed by atoms with Crippen molar-refractivity contribution in [3.63, 3.8) is 0 Å². The van der Waals surface area contributed by atoms with Crippen molar-refractivity contribution < 1.29 is 0 Å². The average molecular weight is 590 g/mol. The molecule has 3 rings (SSSR count). The molecular formula is C18H12Br3Sb. The van der Waals surface area contributed by atoms with Crippen LogP contribution in [0.1, 0.15) is 0 Å². The van der Waals surface area contributed by atoms with E-state index in [9.17, 15) is 0 Å². The molecule has 0 nitrogen and oxygen atoms in total. The SMILES string of the molecule is Brc1cccc[c]1[Sb]([c]1ccccc1Br)[c]1ccccc1Br. The minimum atomic E-state index is -2.12. The Labute approximate surface area is 163 Å². The summed E-state index contributed by atoms with van der Waals surface area (Å²) in [4.78, 5) is 0. The number of rotatable bonds is 3. The van der Waals surface area contributed by atoms with Gasteiger partial charge in [-0.15, -0.1) is 0 Å². The number of hydrogen-bond donors (Lipinski definition) is 0. The van der Waals surface area contributed by atoms with Gasteiger partial charge in [0.2, 0.25) is 0 Å². The summed E-state index contributed by atoms with van der Waals surface area (Å²) in [6, 6.07) is 25.8. The van der Waals surface area contributed by atoms with Crippen molar-refractivity contribution in [3.05, 3.63) is 86.2 Å². The molecule has 0 heterocycles. The maximum absolute atomic E-state index is 3.76. The van der Waals surface area contributed by atoms with Gasteiger partial charge in [-0.3, -0.25) is 0 Å². The normalized spacial score (nSPS) is 10.9. The molecule has 110 valence electrons. The fourth-order valence-corrected chi connectivity index (χ4v) is 13.4. The molecule has 0 unspecified atom stereocenters. The van der Waals surface area contributed by atoms with E-state index in [1.807, 2.05) is 0 Å². The van der Waals surface area contributed by atoms with Gasteiger partial charge in [0.15, 0.2) is 0 Å². The first kappa shape index (κ1) is 16.8. The van der Waals surface area contributed by atoms with Crippen LogP contribution >= 0.6 is 47.8 Å². The summed E-state index contributed by atoms with van der Waals surface area (Å²) in [5.41, 5.74) is 0. The van der Waals surface area contributed by atoms with Crippen molar-refractivity contribution in [1.29, 1.82) is 0 Å². The van der Waals surface area contributed by atoms with Crippen molar-refractivity contribution in [2.75, 3.05) is 0 Å². The molecule has 0 spiro atoms. The van der Waals surface area contributed by atoms with Gasteiger partial charge in [0, 0.05) is 0 Å². The Kier molecular flexibility index (Phi) is 5.84. The summed E-state index contributed by atoms with van der Waals surface area (Å²) in [5, 5.41) is 0.